The van der Waals surface area contributed by atoms with E-state index in [2.05, 4.69) is 25.7 Å². The first-order valence-corrected chi connectivity index (χ1v) is 7.04. The first-order valence-electron chi connectivity index (χ1n) is 7.04. The Labute approximate surface area is 124 Å². The zero-order valence-corrected chi connectivity index (χ0v) is 12.8. The summed E-state index contributed by atoms with van der Waals surface area (Å²) < 4.78 is 6.98. The van der Waals surface area contributed by atoms with Gasteiger partial charge in [0.15, 0.2) is 5.82 Å². The van der Waals surface area contributed by atoms with Crippen molar-refractivity contribution in [1.82, 2.24) is 19.7 Å². The molecular formula is C14H22N6O. The van der Waals surface area contributed by atoms with E-state index in [9.17, 15) is 0 Å². The molecule has 2 rings (SSSR count). The van der Waals surface area contributed by atoms with Crippen molar-refractivity contribution in [2.45, 2.75) is 20.0 Å². The van der Waals surface area contributed by atoms with Gasteiger partial charge in [0, 0.05) is 51.6 Å². The number of nitrogens with zero attached hydrogens (tertiary/aromatic N) is 4. The summed E-state index contributed by atoms with van der Waals surface area (Å²) in [5.74, 6) is 2.27. The zero-order valence-electron chi connectivity index (χ0n) is 12.8. The number of aromatic nitrogens is 4. The molecule has 0 unspecified atom stereocenters. The first-order chi connectivity index (χ1) is 10.2. The summed E-state index contributed by atoms with van der Waals surface area (Å²) in [5.41, 5.74) is 1.18. The Balaban J connectivity index is 1.99. The number of rotatable bonds is 8. The Hall–Kier alpha value is -2.15. The highest BCUT2D eigenvalue weighted by Gasteiger charge is 2.05. The van der Waals surface area contributed by atoms with Crippen molar-refractivity contribution in [3.05, 3.63) is 29.8 Å². The van der Waals surface area contributed by atoms with Gasteiger partial charge in [-0.3, -0.25) is 4.68 Å². The lowest BCUT2D eigenvalue weighted by molar-refractivity contribution is 0.178. The molecule has 0 aliphatic carbocycles. The van der Waals surface area contributed by atoms with E-state index < -0.39 is 0 Å². The third-order valence-electron chi connectivity index (χ3n) is 3.01. The molecule has 114 valence electrons. The number of ether oxygens (including phenoxy) is 1. The van der Waals surface area contributed by atoms with E-state index in [0.29, 0.717) is 12.4 Å². The van der Waals surface area contributed by atoms with E-state index in [1.165, 1.54) is 5.69 Å². The number of aryl methyl sites for hydroxylation is 1. The Morgan fingerprint density at radius 1 is 1.24 bits per heavy atom. The average molecular weight is 290 g/mol. The van der Waals surface area contributed by atoms with E-state index in [0.717, 1.165) is 31.1 Å². The number of methoxy groups -OCH3 is 1. The maximum atomic E-state index is 5.10. The largest absolute Gasteiger partial charge is 0.377 e. The van der Waals surface area contributed by atoms with Crippen LogP contribution in [0.5, 0.6) is 0 Å². The third kappa shape index (κ3) is 4.42. The summed E-state index contributed by atoms with van der Waals surface area (Å²) in [4.78, 5) is 8.82. The van der Waals surface area contributed by atoms with Crippen molar-refractivity contribution < 1.29 is 4.74 Å². The monoisotopic (exact) mass is 290 g/mol. The SMILES string of the molecule is CCNc1cc(NCCc2ccnn2C)nc(COC)n1. The number of anilines is 2. The van der Waals surface area contributed by atoms with Gasteiger partial charge in [-0.2, -0.15) is 5.10 Å². The molecule has 0 aliphatic heterocycles. The highest BCUT2D eigenvalue weighted by molar-refractivity contribution is 5.47. The fourth-order valence-corrected chi connectivity index (χ4v) is 2.02. The van der Waals surface area contributed by atoms with E-state index in [1.807, 2.05) is 30.8 Å². The van der Waals surface area contributed by atoms with Crippen LogP contribution in [0.3, 0.4) is 0 Å². The van der Waals surface area contributed by atoms with E-state index in [-0.39, 0.29) is 0 Å². The van der Waals surface area contributed by atoms with Crippen molar-refractivity contribution in [2.75, 3.05) is 30.8 Å². The lowest BCUT2D eigenvalue weighted by Crippen LogP contribution is -2.12. The summed E-state index contributed by atoms with van der Waals surface area (Å²) in [7, 11) is 3.58. The van der Waals surface area contributed by atoms with Crippen LogP contribution in [0.1, 0.15) is 18.4 Å². The van der Waals surface area contributed by atoms with Crippen LogP contribution in [0.15, 0.2) is 18.3 Å². The smallest absolute Gasteiger partial charge is 0.158 e. The van der Waals surface area contributed by atoms with E-state index in [1.54, 1.807) is 13.3 Å². The van der Waals surface area contributed by atoms with Gasteiger partial charge in [-0.05, 0) is 13.0 Å². The molecule has 0 fully saturated rings. The number of hydrogen-bond donors (Lipinski definition) is 2. The van der Waals surface area contributed by atoms with Gasteiger partial charge in [0.05, 0.1) is 0 Å². The van der Waals surface area contributed by atoms with Crippen molar-refractivity contribution >= 4 is 11.6 Å². The van der Waals surface area contributed by atoms with Crippen LogP contribution in [0.2, 0.25) is 0 Å². The molecule has 0 bridgehead atoms. The summed E-state index contributed by atoms with van der Waals surface area (Å²) in [6, 6.07) is 3.92. The van der Waals surface area contributed by atoms with Crippen LogP contribution in [0.25, 0.3) is 0 Å². The van der Waals surface area contributed by atoms with Crippen LogP contribution < -0.4 is 10.6 Å². The van der Waals surface area contributed by atoms with Crippen LogP contribution >= 0.6 is 0 Å². The fraction of sp³-hybridized carbons (Fsp3) is 0.500. The zero-order chi connectivity index (χ0) is 15.1. The second kappa shape index (κ2) is 7.58. The van der Waals surface area contributed by atoms with Crippen LogP contribution in [-0.2, 0) is 24.8 Å². The van der Waals surface area contributed by atoms with Crippen LogP contribution in [0, 0.1) is 0 Å². The lowest BCUT2D eigenvalue weighted by Gasteiger charge is -2.10. The predicted molar refractivity (Wildman–Crippen MR) is 82.3 cm³/mol. The lowest BCUT2D eigenvalue weighted by atomic mass is 10.3. The Morgan fingerprint density at radius 3 is 2.62 bits per heavy atom. The van der Waals surface area contributed by atoms with Crippen LogP contribution in [-0.4, -0.2) is 39.9 Å². The van der Waals surface area contributed by atoms with E-state index in [4.69, 9.17) is 4.74 Å². The molecule has 0 atom stereocenters. The van der Waals surface area contributed by atoms with Gasteiger partial charge < -0.3 is 15.4 Å². The molecule has 7 nitrogen and oxygen atoms in total. The molecule has 2 heterocycles. The van der Waals surface area contributed by atoms with Crippen molar-refractivity contribution in [3.8, 4) is 0 Å². The highest BCUT2D eigenvalue weighted by atomic mass is 16.5. The molecule has 2 aromatic heterocycles. The fourth-order valence-electron chi connectivity index (χ4n) is 2.02. The maximum Gasteiger partial charge on any atom is 0.158 e. The molecule has 0 spiro atoms. The first kappa shape index (κ1) is 15.2. The molecule has 0 saturated carbocycles. The molecule has 0 aliphatic rings. The van der Waals surface area contributed by atoms with Gasteiger partial charge in [-0.1, -0.05) is 0 Å². The molecule has 0 aromatic carbocycles. The summed E-state index contributed by atoms with van der Waals surface area (Å²) >= 11 is 0. The number of nitrogens with one attached hydrogen (secondary N) is 2. The minimum Gasteiger partial charge on any atom is -0.377 e. The number of hydrogen-bond acceptors (Lipinski definition) is 6. The third-order valence-corrected chi connectivity index (χ3v) is 3.01. The van der Waals surface area contributed by atoms with Gasteiger partial charge >= 0.3 is 0 Å². The van der Waals surface area contributed by atoms with Gasteiger partial charge in [0.2, 0.25) is 0 Å². The molecule has 0 radical (unpaired) electrons. The van der Waals surface area contributed by atoms with Gasteiger partial charge in [-0.25, -0.2) is 9.97 Å². The highest BCUT2D eigenvalue weighted by Crippen LogP contribution is 2.12. The maximum absolute atomic E-state index is 5.10. The second-order valence-electron chi connectivity index (χ2n) is 4.64. The quantitative estimate of drug-likeness (QED) is 0.766. The predicted octanol–water partition coefficient (Wildman–Crippen LogP) is 1.44. The van der Waals surface area contributed by atoms with Gasteiger partial charge in [-0.15, -0.1) is 0 Å². The Bertz CT molecular complexity index is 544. The van der Waals surface area contributed by atoms with Crippen LogP contribution in [0.4, 0.5) is 11.6 Å². The Morgan fingerprint density at radius 2 is 2.00 bits per heavy atom. The molecule has 0 amide bonds. The molecule has 0 saturated heterocycles. The normalized spacial score (nSPS) is 10.6. The molecular weight excluding hydrogens is 268 g/mol. The van der Waals surface area contributed by atoms with Crippen molar-refractivity contribution in [1.29, 1.82) is 0 Å². The van der Waals surface area contributed by atoms with E-state index >= 15 is 0 Å². The Kier molecular flexibility index (Phi) is 5.51. The van der Waals surface area contributed by atoms with Gasteiger partial charge in [0.1, 0.15) is 18.2 Å². The van der Waals surface area contributed by atoms with Gasteiger partial charge in [0.25, 0.3) is 0 Å². The second-order valence-corrected chi connectivity index (χ2v) is 4.64. The molecule has 2 aromatic rings. The standard InChI is InChI=1S/C14H22N6O/c1-4-15-12-9-13(19-14(18-12)10-21-3)16-7-5-11-6-8-17-20(11)2/h6,8-9H,4-5,7,10H2,1-3H3,(H2,15,16,18,19). The molecule has 2 N–H and O–H groups in total. The minimum absolute atomic E-state index is 0.398. The minimum atomic E-state index is 0.398. The average Bonchev–Trinajstić information content (AvgIpc) is 2.85. The van der Waals surface area contributed by atoms with Crippen molar-refractivity contribution in [3.63, 3.8) is 0 Å². The summed E-state index contributed by atoms with van der Waals surface area (Å²) in [6.45, 7) is 4.04. The molecule has 7 heteroatoms. The summed E-state index contributed by atoms with van der Waals surface area (Å²) in [6.07, 6.45) is 2.69. The topological polar surface area (TPSA) is 76.9 Å². The molecule has 21 heavy (non-hydrogen) atoms. The summed E-state index contributed by atoms with van der Waals surface area (Å²) in [5, 5.41) is 10.7. The van der Waals surface area contributed by atoms with Crippen molar-refractivity contribution in [2.24, 2.45) is 7.05 Å².